The van der Waals surface area contributed by atoms with Gasteiger partial charge in [0.1, 0.15) is 0 Å². The molecule has 0 saturated heterocycles. The van der Waals surface area contributed by atoms with E-state index in [0.717, 1.165) is 25.0 Å². The van der Waals surface area contributed by atoms with Crippen molar-refractivity contribution in [2.24, 2.45) is 0 Å². The van der Waals surface area contributed by atoms with E-state index in [2.05, 4.69) is 12.2 Å². The van der Waals surface area contributed by atoms with Crippen LogP contribution in [0, 0.1) is 10.1 Å². The number of carbonyl (C=O) groups excluding carboxylic acids is 1. The Morgan fingerprint density at radius 3 is 2.90 bits per heavy atom. The van der Waals surface area contributed by atoms with Crippen LogP contribution in [0.3, 0.4) is 0 Å². The van der Waals surface area contributed by atoms with Crippen molar-refractivity contribution < 1.29 is 9.72 Å². The molecule has 6 heteroatoms. The van der Waals surface area contributed by atoms with Crippen LogP contribution in [0.1, 0.15) is 31.7 Å². The molecule has 0 aliphatic heterocycles. The molecule has 21 heavy (non-hydrogen) atoms. The van der Waals surface area contributed by atoms with Crippen LogP contribution >= 0.6 is 11.8 Å². The fraction of sp³-hybridized carbons (Fsp3) is 0.533. The lowest BCUT2D eigenvalue weighted by Gasteiger charge is -2.20. The molecule has 0 spiro atoms. The van der Waals surface area contributed by atoms with E-state index in [1.165, 1.54) is 6.07 Å². The Kier molecular flexibility index (Phi) is 5.61. The van der Waals surface area contributed by atoms with Crippen LogP contribution in [0.25, 0.3) is 0 Å². The summed E-state index contributed by atoms with van der Waals surface area (Å²) in [5.41, 5.74) is 0.483. The second-order valence-corrected chi connectivity index (χ2v) is 6.68. The van der Waals surface area contributed by atoms with Crippen LogP contribution in [-0.2, 0) is 11.2 Å². The molecule has 1 fully saturated rings. The average Bonchev–Trinajstić information content (AvgIpc) is 2.86. The zero-order chi connectivity index (χ0) is 15.2. The molecule has 5 nitrogen and oxygen atoms in total. The standard InChI is InChI=1S/C15H20N2O3S/c1-2-21-14-9-5-7-12(14)16-15(18)10-11-6-3-4-8-13(11)17(19)20/h3-4,6,8,12,14H,2,5,7,9-10H2,1H3,(H,16,18). The van der Waals surface area contributed by atoms with Crippen molar-refractivity contribution in [3.05, 3.63) is 39.9 Å². The minimum absolute atomic E-state index is 0.0126. The number of nitrogens with one attached hydrogen (secondary N) is 1. The molecule has 2 unspecified atom stereocenters. The summed E-state index contributed by atoms with van der Waals surface area (Å²) >= 11 is 1.88. The monoisotopic (exact) mass is 308 g/mol. The third-order valence-electron chi connectivity index (χ3n) is 3.72. The van der Waals surface area contributed by atoms with Gasteiger partial charge in [0, 0.05) is 22.9 Å². The minimum Gasteiger partial charge on any atom is -0.352 e. The predicted molar refractivity (Wildman–Crippen MR) is 84.5 cm³/mol. The van der Waals surface area contributed by atoms with Crippen molar-refractivity contribution in [1.82, 2.24) is 5.32 Å². The molecule has 1 aromatic carbocycles. The van der Waals surface area contributed by atoms with Gasteiger partial charge in [0.15, 0.2) is 0 Å². The second-order valence-electron chi connectivity index (χ2n) is 5.16. The van der Waals surface area contributed by atoms with E-state index >= 15 is 0 Å². The number of benzene rings is 1. The van der Waals surface area contributed by atoms with Gasteiger partial charge < -0.3 is 5.32 Å². The van der Waals surface area contributed by atoms with E-state index in [-0.39, 0.29) is 24.1 Å². The number of nitrogens with zero attached hydrogens (tertiary/aromatic N) is 1. The maximum absolute atomic E-state index is 12.2. The van der Waals surface area contributed by atoms with Gasteiger partial charge in [-0.05, 0) is 18.6 Å². The van der Waals surface area contributed by atoms with Gasteiger partial charge in [0.25, 0.3) is 5.69 Å². The first-order valence-electron chi connectivity index (χ1n) is 7.25. The van der Waals surface area contributed by atoms with E-state index in [1.807, 2.05) is 11.8 Å². The molecule has 1 aliphatic carbocycles. The molecule has 1 saturated carbocycles. The zero-order valence-corrected chi connectivity index (χ0v) is 12.9. The third-order valence-corrected chi connectivity index (χ3v) is 5.04. The highest BCUT2D eigenvalue weighted by Crippen LogP contribution is 2.30. The molecular formula is C15H20N2O3S. The summed E-state index contributed by atoms with van der Waals surface area (Å²) in [6.07, 6.45) is 3.33. The van der Waals surface area contributed by atoms with E-state index in [9.17, 15) is 14.9 Å². The van der Waals surface area contributed by atoms with Gasteiger partial charge in [0.05, 0.1) is 11.3 Å². The number of nitro groups is 1. The summed E-state index contributed by atoms with van der Waals surface area (Å²) in [6.45, 7) is 2.12. The molecule has 2 atom stereocenters. The zero-order valence-electron chi connectivity index (χ0n) is 12.1. The molecule has 2 rings (SSSR count). The number of para-hydroxylation sites is 1. The highest BCUT2D eigenvalue weighted by Gasteiger charge is 2.28. The fourth-order valence-electron chi connectivity index (χ4n) is 2.77. The molecular weight excluding hydrogens is 288 g/mol. The topological polar surface area (TPSA) is 72.2 Å². The normalized spacial score (nSPS) is 21.2. The van der Waals surface area contributed by atoms with Crippen LogP contribution in [0.5, 0.6) is 0 Å². The fourth-order valence-corrected chi connectivity index (χ4v) is 3.97. The molecule has 1 aromatic rings. The van der Waals surface area contributed by atoms with Crippen LogP contribution in [0.4, 0.5) is 5.69 Å². The number of nitro benzene ring substituents is 1. The van der Waals surface area contributed by atoms with Gasteiger partial charge in [-0.1, -0.05) is 31.5 Å². The van der Waals surface area contributed by atoms with Gasteiger partial charge in [-0.15, -0.1) is 0 Å². The number of thioether (sulfide) groups is 1. The molecule has 0 bridgehead atoms. The van der Waals surface area contributed by atoms with E-state index in [4.69, 9.17) is 0 Å². The van der Waals surface area contributed by atoms with Crippen LogP contribution in [0.15, 0.2) is 24.3 Å². The lowest BCUT2D eigenvalue weighted by molar-refractivity contribution is -0.385. The number of hydrogen-bond acceptors (Lipinski definition) is 4. The SMILES string of the molecule is CCSC1CCCC1NC(=O)Cc1ccccc1[N+](=O)[O-]. The summed E-state index contributed by atoms with van der Waals surface area (Å²) in [5, 5.41) is 14.5. The third kappa shape index (κ3) is 4.20. The predicted octanol–water partition coefficient (Wildman–Crippen LogP) is 2.93. The van der Waals surface area contributed by atoms with Crippen molar-refractivity contribution in [3.8, 4) is 0 Å². The van der Waals surface area contributed by atoms with Gasteiger partial charge in [-0.2, -0.15) is 11.8 Å². The van der Waals surface area contributed by atoms with Crippen molar-refractivity contribution >= 4 is 23.4 Å². The molecule has 0 radical (unpaired) electrons. The number of hydrogen-bond donors (Lipinski definition) is 1. The van der Waals surface area contributed by atoms with Crippen LogP contribution < -0.4 is 5.32 Å². The lowest BCUT2D eigenvalue weighted by Crippen LogP contribution is -2.39. The van der Waals surface area contributed by atoms with Crippen molar-refractivity contribution in [2.45, 2.75) is 43.9 Å². The number of rotatable bonds is 6. The summed E-state index contributed by atoms with van der Waals surface area (Å²) in [5.74, 6) is 0.916. The minimum atomic E-state index is -0.437. The first-order chi connectivity index (χ1) is 10.1. The van der Waals surface area contributed by atoms with Gasteiger partial charge in [-0.3, -0.25) is 14.9 Å². The van der Waals surface area contributed by atoms with Gasteiger partial charge in [-0.25, -0.2) is 0 Å². The Morgan fingerprint density at radius 1 is 1.43 bits per heavy atom. The van der Waals surface area contributed by atoms with Crippen molar-refractivity contribution in [1.29, 1.82) is 0 Å². The Balaban J connectivity index is 1.97. The van der Waals surface area contributed by atoms with Gasteiger partial charge >= 0.3 is 0 Å². The Hall–Kier alpha value is -1.56. The summed E-state index contributed by atoms with van der Waals surface area (Å²) in [4.78, 5) is 22.7. The molecule has 1 N–H and O–H groups in total. The molecule has 1 aliphatic rings. The van der Waals surface area contributed by atoms with Crippen molar-refractivity contribution in [3.63, 3.8) is 0 Å². The molecule has 1 amide bonds. The van der Waals surface area contributed by atoms with Crippen LogP contribution in [-0.4, -0.2) is 27.9 Å². The largest absolute Gasteiger partial charge is 0.352 e. The Bertz CT molecular complexity index is 521. The maximum atomic E-state index is 12.2. The van der Waals surface area contributed by atoms with Crippen molar-refractivity contribution in [2.75, 3.05) is 5.75 Å². The Labute approximate surface area is 128 Å². The molecule has 114 valence electrons. The maximum Gasteiger partial charge on any atom is 0.273 e. The summed E-state index contributed by atoms with van der Waals surface area (Å²) in [6, 6.07) is 6.62. The van der Waals surface area contributed by atoms with E-state index in [1.54, 1.807) is 18.2 Å². The summed E-state index contributed by atoms with van der Waals surface area (Å²) in [7, 11) is 0. The van der Waals surface area contributed by atoms with E-state index < -0.39 is 4.92 Å². The number of amides is 1. The second kappa shape index (κ2) is 7.45. The molecule has 0 aromatic heterocycles. The highest BCUT2D eigenvalue weighted by atomic mass is 32.2. The Morgan fingerprint density at radius 2 is 2.19 bits per heavy atom. The smallest absolute Gasteiger partial charge is 0.273 e. The van der Waals surface area contributed by atoms with E-state index in [0.29, 0.717) is 10.8 Å². The van der Waals surface area contributed by atoms with Crippen LogP contribution in [0.2, 0.25) is 0 Å². The van der Waals surface area contributed by atoms with Gasteiger partial charge in [0.2, 0.25) is 5.91 Å². The lowest BCUT2D eigenvalue weighted by atomic mass is 10.1. The summed E-state index contributed by atoms with van der Waals surface area (Å²) < 4.78 is 0. The highest BCUT2D eigenvalue weighted by molar-refractivity contribution is 7.99. The first-order valence-corrected chi connectivity index (χ1v) is 8.30. The number of carbonyl (C=O) groups is 1. The quantitative estimate of drug-likeness (QED) is 0.648. The first kappa shape index (κ1) is 15.8. The average molecular weight is 308 g/mol. The molecule has 0 heterocycles.